The highest BCUT2D eigenvalue weighted by molar-refractivity contribution is 5.80. The number of aliphatic hydroxyl groups excluding tert-OH is 3. The zero-order valence-electron chi connectivity index (χ0n) is 51.5. The second kappa shape index (κ2) is 65.6. The van der Waals surface area contributed by atoms with Gasteiger partial charge in [0.25, 0.3) is 0 Å². The fourth-order valence-electron chi connectivity index (χ4n) is 11.5. The van der Waals surface area contributed by atoms with E-state index >= 15 is 0 Å². The van der Waals surface area contributed by atoms with Crippen molar-refractivity contribution < 1.29 is 20.1 Å². The molecule has 0 spiro atoms. The summed E-state index contributed by atoms with van der Waals surface area (Å²) < 4.78 is 0. The summed E-state index contributed by atoms with van der Waals surface area (Å²) in [4.78, 5) is 12.6. The van der Waals surface area contributed by atoms with E-state index in [9.17, 15) is 20.1 Å². The van der Waals surface area contributed by atoms with Crippen LogP contribution in [0.1, 0.15) is 406 Å². The molecule has 0 saturated carbocycles. The first-order chi connectivity index (χ1) is 37.1. The standard InChI is InChI=1S/C70H139NO4/c1-3-5-7-9-11-13-15-17-19-21-23-25-27-29-30-31-32-33-34-35-36-37-38-39-41-43-45-47-49-51-53-55-57-59-61-63-65-69(74)70(75)71-67(66-72)68(73)64-62-60-58-56-54-52-50-48-46-44-42-40-28-26-24-22-20-18-16-14-12-10-8-6-4-2/h33-34,67-69,72-74H,3-32,35-66H2,1-2H3,(H,71,75)/b34-33-. The maximum Gasteiger partial charge on any atom is 0.249 e. The lowest BCUT2D eigenvalue weighted by atomic mass is 10.0. The first-order valence-corrected chi connectivity index (χ1v) is 35.0. The zero-order valence-corrected chi connectivity index (χ0v) is 51.5. The zero-order chi connectivity index (χ0) is 54.3. The minimum Gasteiger partial charge on any atom is -0.394 e. The van der Waals surface area contributed by atoms with E-state index < -0.39 is 24.2 Å². The minimum absolute atomic E-state index is 0.308. The molecule has 0 radical (unpaired) electrons. The molecule has 1 amide bonds. The maximum absolute atomic E-state index is 12.6. The summed E-state index contributed by atoms with van der Waals surface area (Å²) in [5.41, 5.74) is 0. The fourth-order valence-corrected chi connectivity index (χ4v) is 11.5. The van der Waals surface area contributed by atoms with Gasteiger partial charge in [0.15, 0.2) is 0 Å². The van der Waals surface area contributed by atoms with Crippen LogP contribution in [0.15, 0.2) is 12.2 Å². The van der Waals surface area contributed by atoms with Crippen LogP contribution in [0.3, 0.4) is 0 Å². The Morgan fingerprint density at radius 2 is 0.507 bits per heavy atom. The number of nitrogens with one attached hydrogen (secondary N) is 1. The maximum atomic E-state index is 12.6. The molecular weight excluding hydrogens is 919 g/mol. The van der Waals surface area contributed by atoms with Crippen molar-refractivity contribution in [2.75, 3.05) is 6.61 Å². The Morgan fingerprint density at radius 1 is 0.307 bits per heavy atom. The average Bonchev–Trinajstić information content (AvgIpc) is 3.41. The Morgan fingerprint density at radius 3 is 0.733 bits per heavy atom. The second-order valence-electron chi connectivity index (χ2n) is 24.5. The molecule has 0 saturated heterocycles. The van der Waals surface area contributed by atoms with Crippen LogP contribution in [-0.2, 0) is 4.79 Å². The Labute approximate surface area is 471 Å². The number of rotatable bonds is 66. The summed E-state index contributed by atoms with van der Waals surface area (Å²) in [5.74, 6) is -0.461. The SMILES string of the molecule is CCCCCCCCCCCCCCCCCC/C=C\CCCCCCCCCCCCCCCCCCC(O)C(=O)NC(CO)C(O)CCCCCCCCCCCCCCCCCCCCCCCCCCC. The van der Waals surface area contributed by atoms with Crippen LogP contribution in [0.4, 0.5) is 0 Å². The molecule has 3 unspecified atom stereocenters. The van der Waals surface area contributed by atoms with Gasteiger partial charge in [-0.25, -0.2) is 0 Å². The predicted octanol–water partition coefficient (Wildman–Crippen LogP) is 22.6. The first-order valence-electron chi connectivity index (χ1n) is 35.0. The summed E-state index contributed by atoms with van der Waals surface area (Å²) in [6.45, 7) is 4.29. The molecule has 0 bridgehead atoms. The smallest absolute Gasteiger partial charge is 0.249 e. The fraction of sp³-hybridized carbons (Fsp3) is 0.957. The molecule has 0 aromatic rings. The lowest BCUT2D eigenvalue weighted by Crippen LogP contribution is -2.49. The van der Waals surface area contributed by atoms with Crippen LogP contribution in [0, 0.1) is 0 Å². The van der Waals surface area contributed by atoms with E-state index in [1.807, 2.05) is 0 Å². The molecule has 0 fully saturated rings. The highest BCUT2D eigenvalue weighted by Crippen LogP contribution is 2.20. The Balaban J connectivity index is 3.44. The van der Waals surface area contributed by atoms with Gasteiger partial charge in [0.2, 0.25) is 5.91 Å². The van der Waals surface area contributed by atoms with Crippen LogP contribution in [0.5, 0.6) is 0 Å². The van der Waals surface area contributed by atoms with Gasteiger partial charge in [0.05, 0.1) is 18.8 Å². The van der Waals surface area contributed by atoms with Gasteiger partial charge in [-0.1, -0.05) is 379 Å². The number of carbonyl (C=O) groups excluding carboxylic acids is 1. The summed E-state index contributed by atoms with van der Waals surface area (Å²) in [6.07, 6.45) is 84.7. The second-order valence-corrected chi connectivity index (χ2v) is 24.5. The topological polar surface area (TPSA) is 89.8 Å². The average molecular weight is 1060 g/mol. The van der Waals surface area contributed by atoms with Crippen LogP contribution in [0.25, 0.3) is 0 Å². The molecule has 0 aromatic carbocycles. The molecule has 0 aromatic heterocycles. The number of aliphatic hydroxyl groups is 3. The Hall–Kier alpha value is -0.910. The van der Waals surface area contributed by atoms with Crippen LogP contribution in [0.2, 0.25) is 0 Å². The summed E-state index contributed by atoms with van der Waals surface area (Å²) in [6, 6.07) is -0.711. The molecule has 75 heavy (non-hydrogen) atoms. The van der Waals surface area contributed by atoms with Crippen molar-refractivity contribution in [3.8, 4) is 0 Å². The molecule has 3 atom stereocenters. The number of carbonyl (C=O) groups is 1. The third-order valence-electron chi connectivity index (χ3n) is 16.9. The molecule has 0 aliphatic heterocycles. The van der Waals surface area contributed by atoms with E-state index in [4.69, 9.17) is 0 Å². The lowest BCUT2D eigenvalue weighted by molar-refractivity contribution is -0.131. The molecule has 0 aliphatic carbocycles. The van der Waals surface area contributed by atoms with E-state index in [1.54, 1.807) is 0 Å². The van der Waals surface area contributed by atoms with E-state index in [-0.39, 0.29) is 6.61 Å². The minimum atomic E-state index is -1.07. The molecule has 5 nitrogen and oxygen atoms in total. The molecule has 0 aliphatic rings. The van der Waals surface area contributed by atoms with Crippen LogP contribution >= 0.6 is 0 Å². The van der Waals surface area contributed by atoms with Crippen molar-refractivity contribution in [1.82, 2.24) is 5.32 Å². The van der Waals surface area contributed by atoms with Crippen molar-refractivity contribution in [2.45, 2.75) is 424 Å². The molecular formula is C70H139NO4. The third-order valence-corrected chi connectivity index (χ3v) is 16.9. The van der Waals surface area contributed by atoms with Gasteiger partial charge < -0.3 is 20.6 Å². The summed E-state index contributed by atoms with van der Waals surface area (Å²) in [7, 11) is 0. The highest BCUT2D eigenvalue weighted by Gasteiger charge is 2.23. The number of unbranched alkanes of at least 4 members (excludes halogenated alkanes) is 56. The van der Waals surface area contributed by atoms with Crippen molar-refractivity contribution >= 4 is 5.91 Å². The number of amides is 1. The Bertz CT molecular complexity index is 1080. The van der Waals surface area contributed by atoms with Crippen molar-refractivity contribution in [3.05, 3.63) is 12.2 Å². The normalized spacial score (nSPS) is 13.1. The molecule has 0 heterocycles. The molecule has 448 valence electrons. The quantitative estimate of drug-likeness (QED) is 0.0361. The number of hydrogen-bond acceptors (Lipinski definition) is 4. The predicted molar refractivity (Wildman–Crippen MR) is 333 cm³/mol. The third kappa shape index (κ3) is 60.6. The van der Waals surface area contributed by atoms with Crippen LogP contribution < -0.4 is 5.32 Å². The highest BCUT2D eigenvalue weighted by atomic mass is 16.3. The van der Waals surface area contributed by atoms with E-state index in [2.05, 4.69) is 31.3 Å². The van der Waals surface area contributed by atoms with Gasteiger partial charge in [-0.15, -0.1) is 0 Å². The number of hydrogen-bond donors (Lipinski definition) is 4. The monoisotopic (exact) mass is 1060 g/mol. The van der Waals surface area contributed by atoms with Gasteiger partial charge in [0, 0.05) is 0 Å². The Kier molecular flexibility index (Phi) is 64.8. The van der Waals surface area contributed by atoms with Crippen molar-refractivity contribution in [3.63, 3.8) is 0 Å². The van der Waals surface area contributed by atoms with Gasteiger partial charge in [-0.3, -0.25) is 4.79 Å². The lowest BCUT2D eigenvalue weighted by Gasteiger charge is -2.23. The molecule has 4 N–H and O–H groups in total. The van der Waals surface area contributed by atoms with Crippen molar-refractivity contribution in [2.24, 2.45) is 0 Å². The van der Waals surface area contributed by atoms with E-state index in [0.717, 1.165) is 32.1 Å². The largest absolute Gasteiger partial charge is 0.394 e. The van der Waals surface area contributed by atoms with Gasteiger partial charge in [-0.05, 0) is 38.5 Å². The van der Waals surface area contributed by atoms with Gasteiger partial charge in [0.1, 0.15) is 6.10 Å². The molecule has 5 heteroatoms. The summed E-state index contributed by atoms with van der Waals surface area (Å²) in [5, 5.41) is 33.7. The first kappa shape index (κ1) is 74.1. The molecule has 0 rings (SSSR count). The summed E-state index contributed by atoms with van der Waals surface area (Å²) >= 11 is 0. The van der Waals surface area contributed by atoms with Gasteiger partial charge in [-0.2, -0.15) is 0 Å². The van der Waals surface area contributed by atoms with Crippen LogP contribution in [-0.4, -0.2) is 46.1 Å². The van der Waals surface area contributed by atoms with Gasteiger partial charge >= 0.3 is 0 Å². The van der Waals surface area contributed by atoms with Crippen molar-refractivity contribution in [1.29, 1.82) is 0 Å². The van der Waals surface area contributed by atoms with E-state index in [0.29, 0.717) is 12.8 Å². The van der Waals surface area contributed by atoms with E-state index in [1.165, 1.54) is 347 Å². The number of allylic oxidation sites excluding steroid dienone is 2.